The average Bonchev–Trinajstić information content (AvgIpc) is 2.90. The Morgan fingerprint density at radius 1 is 1.18 bits per heavy atom. The normalized spacial score (nSPS) is 27.2. The maximum atomic E-state index is 5.47. The Morgan fingerprint density at radius 3 is 2.41 bits per heavy atom. The zero-order chi connectivity index (χ0) is 11.7. The number of benzene rings is 1. The third-order valence-electron chi connectivity index (χ3n) is 3.90. The molecule has 2 saturated heterocycles. The molecule has 0 spiro atoms. The van der Waals surface area contributed by atoms with Gasteiger partial charge in [-0.15, -0.1) is 0 Å². The summed E-state index contributed by atoms with van der Waals surface area (Å²) in [5.41, 5.74) is 1.34. The van der Waals surface area contributed by atoms with Gasteiger partial charge in [-0.25, -0.2) is 0 Å². The van der Waals surface area contributed by atoms with Crippen LogP contribution in [0, 0.1) is 11.8 Å². The minimum absolute atomic E-state index is 0.735. The lowest BCUT2D eigenvalue weighted by atomic mass is 10.0. The summed E-state index contributed by atoms with van der Waals surface area (Å²) in [5, 5.41) is 3.48. The Bertz CT molecular complexity index is 364. The van der Waals surface area contributed by atoms with Crippen molar-refractivity contribution in [2.24, 2.45) is 11.8 Å². The quantitative estimate of drug-likeness (QED) is 0.859. The molecule has 3 nitrogen and oxygen atoms in total. The topological polar surface area (TPSA) is 24.5 Å². The highest BCUT2D eigenvalue weighted by atomic mass is 16.5. The summed E-state index contributed by atoms with van der Waals surface area (Å²) in [7, 11) is 0. The van der Waals surface area contributed by atoms with Crippen molar-refractivity contribution in [3.8, 4) is 5.75 Å². The molecule has 0 aromatic heterocycles. The summed E-state index contributed by atoms with van der Waals surface area (Å²) in [6.45, 7) is 7.54. The Kier molecular flexibility index (Phi) is 2.93. The maximum Gasteiger partial charge on any atom is 0.119 e. The number of anilines is 1. The largest absolute Gasteiger partial charge is 0.494 e. The molecule has 17 heavy (non-hydrogen) atoms. The molecule has 0 amide bonds. The van der Waals surface area contributed by atoms with Crippen LogP contribution in [0.15, 0.2) is 24.3 Å². The summed E-state index contributed by atoms with van der Waals surface area (Å²) in [4.78, 5) is 2.51. The lowest BCUT2D eigenvalue weighted by Gasteiger charge is -2.20. The third kappa shape index (κ3) is 2.12. The highest BCUT2D eigenvalue weighted by Gasteiger charge is 2.35. The Balaban J connectivity index is 1.68. The van der Waals surface area contributed by atoms with E-state index < -0.39 is 0 Å². The van der Waals surface area contributed by atoms with Crippen LogP contribution < -0.4 is 15.0 Å². The van der Waals surface area contributed by atoms with E-state index in [2.05, 4.69) is 34.5 Å². The van der Waals surface area contributed by atoms with Crippen LogP contribution in [-0.2, 0) is 0 Å². The average molecular weight is 232 g/mol. The fourth-order valence-corrected chi connectivity index (χ4v) is 2.99. The molecule has 1 aromatic carbocycles. The number of hydrogen-bond donors (Lipinski definition) is 1. The molecule has 2 aliphatic heterocycles. The molecular weight excluding hydrogens is 212 g/mol. The molecule has 2 fully saturated rings. The van der Waals surface area contributed by atoms with Gasteiger partial charge < -0.3 is 15.0 Å². The van der Waals surface area contributed by atoms with Gasteiger partial charge in [0.1, 0.15) is 5.75 Å². The first-order chi connectivity index (χ1) is 8.36. The molecule has 2 atom stereocenters. The Hall–Kier alpha value is -1.22. The molecule has 0 aliphatic carbocycles. The minimum Gasteiger partial charge on any atom is -0.494 e. The molecule has 3 heteroatoms. The van der Waals surface area contributed by atoms with Crippen molar-refractivity contribution < 1.29 is 4.74 Å². The molecule has 2 unspecified atom stereocenters. The van der Waals surface area contributed by atoms with Crippen LogP contribution in [0.4, 0.5) is 5.69 Å². The molecule has 0 radical (unpaired) electrons. The van der Waals surface area contributed by atoms with Gasteiger partial charge in [-0.1, -0.05) is 0 Å². The van der Waals surface area contributed by atoms with Gasteiger partial charge in [0.25, 0.3) is 0 Å². The van der Waals surface area contributed by atoms with E-state index in [1.165, 1.54) is 31.9 Å². The smallest absolute Gasteiger partial charge is 0.119 e. The van der Waals surface area contributed by atoms with Crippen LogP contribution in [0.5, 0.6) is 5.75 Å². The van der Waals surface area contributed by atoms with Gasteiger partial charge in [0.05, 0.1) is 6.61 Å². The molecule has 1 aromatic rings. The minimum atomic E-state index is 0.735. The van der Waals surface area contributed by atoms with Crippen LogP contribution in [0.25, 0.3) is 0 Å². The molecule has 92 valence electrons. The Morgan fingerprint density at radius 2 is 1.82 bits per heavy atom. The first kappa shape index (κ1) is 10.9. The van der Waals surface area contributed by atoms with Gasteiger partial charge in [-0.2, -0.15) is 0 Å². The van der Waals surface area contributed by atoms with Crippen LogP contribution in [0.1, 0.15) is 6.92 Å². The van der Waals surface area contributed by atoms with E-state index in [0.29, 0.717) is 0 Å². The highest BCUT2D eigenvalue weighted by molar-refractivity contribution is 5.50. The predicted octanol–water partition coefficient (Wildman–Crippen LogP) is 1.74. The van der Waals surface area contributed by atoms with E-state index in [-0.39, 0.29) is 0 Å². The zero-order valence-electron chi connectivity index (χ0n) is 10.4. The fraction of sp³-hybridized carbons (Fsp3) is 0.571. The van der Waals surface area contributed by atoms with Crippen molar-refractivity contribution in [2.75, 3.05) is 37.7 Å². The number of nitrogens with one attached hydrogen (secondary N) is 1. The number of nitrogens with zero attached hydrogens (tertiary/aromatic N) is 1. The highest BCUT2D eigenvalue weighted by Crippen LogP contribution is 2.31. The molecule has 3 rings (SSSR count). The van der Waals surface area contributed by atoms with E-state index >= 15 is 0 Å². The van der Waals surface area contributed by atoms with Gasteiger partial charge in [0, 0.05) is 31.9 Å². The summed E-state index contributed by atoms with van der Waals surface area (Å²) in [6, 6.07) is 8.51. The molecule has 0 bridgehead atoms. The second-order valence-electron chi connectivity index (χ2n) is 5.01. The molecule has 0 saturated carbocycles. The van der Waals surface area contributed by atoms with E-state index in [9.17, 15) is 0 Å². The van der Waals surface area contributed by atoms with Crippen LogP contribution >= 0.6 is 0 Å². The molecule has 2 aliphatic rings. The van der Waals surface area contributed by atoms with Gasteiger partial charge in [-0.3, -0.25) is 0 Å². The van der Waals surface area contributed by atoms with Gasteiger partial charge in [0.15, 0.2) is 0 Å². The fourth-order valence-electron chi connectivity index (χ4n) is 2.99. The second-order valence-corrected chi connectivity index (χ2v) is 5.01. The van der Waals surface area contributed by atoms with Crippen molar-refractivity contribution in [3.63, 3.8) is 0 Å². The maximum absolute atomic E-state index is 5.47. The van der Waals surface area contributed by atoms with Crippen molar-refractivity contribution in [3.05, 3.63) is 24.3 Å². The van der Waals surface area contributed by atoms with Crippen molar-refractivity contribution in [2.45, 2.75) is 6.92 Å². The molecular formula is C14H20N2O. The van der Waals surface area contributed by atoms with E-state index in [4.69, 9.17) is 4.74 Å². The molecule has 2 heterocycles. The number of hydrogen-bond acceptors (Lipinski definition) is 3. The lowest BCUT2D eigenvalue weighted by Crippen LogP contribution is -2.25. The monoisotopic (exact) mass is 232 g/mol. The van der Waals surface area contributed by atoms with E-state index in [0.717, 1.165) is 24.2 Å². The first-order valence-electron chi connectivity index (χ1n) is 6.55. The SMILES string of the molecule is CCOc1ccc(N2CC3CNCC3C2)cc1. The number of ether oxygens (including phenoxy) is 1. The van der Waals surface area contributed by atoms with Gasteiger partial charge in [0.2, 0.25) is 0 Å². The van der Waals surface area contributed by atoms with Gasteiger partial charge in [-0.05, 0) is 43.0 Å². The van der Waals surface area contributed by atoms with E-state index in [1.807, 2.05) is 6.92 Å². The molecule has 1 N–H and O–H groups in total. The van der Waals surface area contributed by atoms with Crippen LogP contribution in [-0.4, -0.2) is 32.8 Å². The standard InChI is InChI=1S/C14H20N2O/c1-2-17-14-5-3-13(4-6-14)16-9-11-7-15-8-12(11)10-16/h3-6,11-12,15H,2,7-10H2,1H3. The number of rotatable bonds is 3. The summed E-state index contributed by atoms with van der Waals surface area (Å²) in [6.07, 6.45) is 0. The van der Waals surface area contributed by atoms with Crippen molar-refractivity contribution >= 4 is 5.69 Å². The van der Waals surface area contributed by atoms with E-state index in [1.54, 1.807) is 0 Å². The van der Waals surface area contributed by atoms with Crippen molar-refractivity contribution in [1.82, 2.24) is 5.32 Å². The second kappa shape index (κ2) is 4.57. The summed E-state index contributed by atoms with van der Waals surface area (Å²) < 4.78 is 5.47. The predicted molar refractivity (Wildman–Crippen MR) is 69.7 cm³/mol. The first-order valence-corrected chi connectivity index (χ1v) is 6.55. The number of fused-ring (bicyclic) bond motifs is 1. The third-order valence-corrected chi connectivity index (χ3v) is 3.90. The van der Waals surface area contributed by atoms with Gasteiger partial charge >= 0.3 is 0 Å². The van der Waals surface area contributed by atoms with Crippen molar-refractivity contribution in [1.29, 1.82) is 0 Å². The lowest BCUT2D eigenvalue weighted by molar-refractivity contribution is 0.340. The Labute approximate surface area is 103 Å². The van der Waals surface area contributed by atoms with Crippen LogP contribution in [0.3, 0.4) is 0 Å². The summed E-state index contributed by atoms with van der Waals surface area (Å²) in [5.74, 6) is 2.67. The summed E-state index contributed by atoms with van der Waals surface area (Å²) >= 11 is 0. The van der Waals surface area contributed by atoms with Crippen LogP contribution in [0.2, 0.25) is 0 Å². The zero-order valence-corrected chi connectivity index (χ0v) is 10.4.